The fourth-order valence-corrected chi connectivity index (χ4v) is 1.10. The van der Waals surface area contributed by atoms with Gasteiger partial charge in [0.2, 0.25) is 5.91 Å². The van der Waals surface area contributed by atoms with Crippen molar-refractivity contribution < 1.29 is 8.91 Å². The summed E-state index contributed by atoms with van der Waals surface area (Å²) in [6.07, 6.45) is 1.39. The number of carbonyl (C=O) groups is 1. The summed E-state index contributed by atoms with van der Waals surface area (Å²) in [6.45, 7) is -1.56. The van der Waals surface area contributed by atoms with Gasteiger partial charge in [-0.1, -0.05) is 0 Å². The maximum atomic E-state index is 11.2. The summed E-state index contributed by atoms with van der Waals surface area (Å²) in [5.74, 6) is -0.751. The van der Waals surface area contributed by atoms with Crippen molar-refractivity contribution >= 4 is 5.91 Å². The molecule has 3 heteroatoms. The Morgan fingerprint density at radius 1 is 1.70 bits per heavy atom. The van der Waals surface area contributed by atoms with Gasteiger partial charge >= 0.3 is 0 Å². The van der Waals surface area contributed by atoms with E-state index in [9.17, 15) is 4.79 Å². The van der Waals surface area contributed by atoms with Crippen LogP contribution in [0.5, 0.6) is 0 Å². The number of nitrogens with two attached hydrogens (primary N) is 1. The van der Waals surface area contributed by atoms with Gasteiger partial charge in [-0.15, -0.1) is 0 Å². The van der Waals surface area contributed by atoms with E-state index in [0.29, 0.717) is 25.9 Å². The largest absolute Gasteiger partial charge is 0.343 e. The van der Waals surface area contributed by atoms with Gasteiger partial charge in [-0.3, -0.25) is 4.79 Å². The number of piperidine rings is 1. The highest BCUT2D eigenvalue weighted by Gasteiger charge is 2.16. The molecule has 0 aromatic rings. The first kappa shape index (κ1) is 4.34. The van der Waals surface area contributed by atoms with Crippen molar-refractivity contribution in [1.29, 1.82) is 0 Å². The summed E-state index contributed by atoms with van der Waals surface area (Å²) in [5, 5.41) is 0. The second-order valence-electron chi connectivity index (χ2n) is 2.63. The van der Waals surface area contributed by atoms with E-state index in [0.717, 1.165) is 0 Å². The Bertz CT molecular complexity index is 196. The summed E-state index contributed by atoms with van der Waals surface area (Å²) in [6, 6.07) is 0.112. The van der Waals surface area contributed by atoms with Crippen molar-refractivity contribution in [3.05, 3.63) is 0 Å². The van der Waals surface area contributed by atoms with E-state index in [-0.39, 0.29) is 6.04 Å². The van der Waals surface area contributed by atoms with Gasteiger partial charge in [0, 0.05) is 30.1 Å². The highest BCUT2D eigenvalue weighted by Crippen LogP contribution is 2.07. The molecular weight excluding hydrogens is 128 g/mol. The smallest absolute Gasteiger partial charge is 0.219 e. The molecule has 0 radical (unpaired) electrons. The van der Waals surface area contributed by atoms with Crippen molar-refractivity contribution in [3.63, 3.8) is 0 Å². The number of carbonyl (C=O) groups excluding carboxylic acids is 1. The Morgan fingerprint density at radius 2 is 2.30 bits per heavy atom. The van der Waals surface area contributed by atoms with Crippen LogP contribution in [0.3, 0.4) is 0 Å². The first-order chi connectivity index (χ1) is 5.91. The van der Waals surface area contributed by atoms with Crippen LogP contribution in [0.2, 0.25) is 0 Å². The van der Waals surface area contributed by atoms with Gasteiger partial charge in [-0.2, -0.15) is 0 Å². The van der Waals surface area contributed by atoms with Crippen molar-refractivity contribution in [2.75, 3.05) is 13.1 Å². The SMILES string of the molecule is [2H]C([2H])([2H])C(=O)N1CCC(N)CC1. The number of nitrogens with zero attached hydrogens (tertiary/aromatic N) is 1. The van der Waals surface area contributed by atoms with E-state index >= 15 is 0 Å². The molecule has 0 bridgehead atoms. The average molecular weight is 145 g/mol. The van der Waals surface area contributed by atoms with E-state index in [1.165, 1.54) is 4.90 Å². The highest BCUT2D eigenvalue weighted by molar-refractivity contribution is 5.73. The molecule has 1 fully saturated rings. The van der Waals surface area contributed by atoms with Crippen LogP contribution < -0.4 is 5.73 Å². The molecule has 0 spiro atoms. The summed E-state index contributed by atoms with van der Waals surface area (Å²) < 4.78 is 20.8. The number of likely N-dealkylation sites (tertiary alicyclic amines) is 1. The molecule has 0 unspecified atom stereocenters. The normalized spacial score (nSPS) is 26.9. The van der Waals surface area contributed by atoms with Gasteiger partial charge < -0.3 is 10.6 Å². The fraction of sp³-hybridized carbons (Fsp3) is 0.857. The second-order valence-corrected chi connectivity index (χ2v) is 2.63. The molecule has 0 aliphatic carbocycles. The molecule has 1 aliphatic heterocycles. The monoisotopic (exact) mass is 145 g/mol. The van der Waals surface area contributed by atoms with Crippen LogP contribution >= 0.6 is 0 Å². The molecule has 0 aromatic heterocycles. The van der Waals surface area contributed by atoms with E-state index in [1.807, 2.05) is 0 Å². The molecule has 0 saturated carbocycles. The number of hydrogen-bond donors (Lipinski definition) is 1. The van der Waals surface area contributed by atoms with Gasteiger partial charge in [0.15, 0.2) is 0 Å². The Hall–Kier alpha value is -0.570. The maximum absolute atomic E-state index is 11.2. The van der Waals surface area contributed by atoms with Crippen LogP contribution in [0, 0.1) is 0 Å². The molecule has 1 saturated heterocycles. The fourth-order valence-electron chi connectivity index (χ4n) is 1.10. The molecule has 58 valence electrons. The molecule has 1 aliphatic rings. The Balaban J connectivity index is 2.50. The second kappa shape index (κ2) is 3.01. The first-order valence-corrected chi connectivity index (χ1v) is 3.46. The molecule has 0 aromatic carbocycles. The minimum Gasteiger partial charge on any atom is -0.343 e. The van der Waals surface area contributed by atoms with Crippen LogP contribution in [0.25, 0.3) is 0 Å². The summed E-state index contributed by atoms with van der Waals surface area (Å²) in [5.41, 5.74) is 5.63. The quantitative estimate of drug-likeness (QED) is 0.519. The van der Waals surface area contributed by atoms with Crippen molar-refractivity contribution in [3.8, 4) is 0 Å². The Kier molecular flexibility index (Phi) is 1.31. The molecule has 1 amide bonds. The van der Waals surface area contributed by atoms with Crippen LogP contribution in [0.4, 0.5) is 0 Å². The van der Waals surface area contributed by atoms with Crippen molar-refractivity contribution in [2.45, 2.75) is 25.7 Å². The predicted octanol–water partition coefficient (Wildman–Crippen LogP) is -0.0440. The lowest BCUT2D eigenvalue weighted by Crippen LogP contribution is -2.41. The summed E-state index contributed by atoms with van der Waals surface area (Å²) >= 11 is 0. The van der Waals surface area contributed by atoms with Crippen LogP contribution in [-0.4, -0.2) is 29.9 Å². The number of amides is 1. The van der Waals surface area contributed by atoms with Gasteiger partial charge in [0.1, 0.15) is 0 Å². The minimum absolute atomic E-state index is 0.112. The molecule has 1 heterocycles. The lowest BCUT2D eigenvalue weighted by atomic mass is 10.1. The topological polar surface area (TPSA) is 46.3 Å². The number of hydrogen-bond acceptors (Lipinski definition) is 2. The van der Waals surface area contributed by atoms with Crippen LogP contribution in [-0.2, 0) is 4.79 Å². The van der Waals surface area contributed by atoms with E-state index in [2.05, 4.69) is 0 Å². The van der Waals surface area contributed by atoms with E-state index < -0.39 is 12.8 Å². The molecular formula is C7H14N2O. The third kappa shape index (κ3) is 1.70. The van der Waals surface area contributed by atoms with Gasteiger partial charge in [0.25, 0.3) is 0 Å². The maximum Gasteiger partial charge on any atom is 0.219 e. The Morgan fingerprint density at radius 3 is 2.80 bits per heavy atom. The predicted molar refractivity (Wildman–Crippen MR) is 39.5 cm³/mol. The van der Waals surface area contributed by atoms with Gasteiger partial charge in [0.05, 0.1) is 0 Å². The van der Waals surface area contributed by atoms with Gasteiger partial charge in [-0.05, 0) is 12.8 Å². The lowest BCUT2D eigenvalue weighted by molar-refractivity contribution is -0.129. The summed E-state index contributed by atoms with van der Waals surface area (Å²) in [4.78, 5) is 12.6. The van der Waals surface area contributed by atoms with Crippen LogP contribution in [0.1, 0.15) is 23.8 Å². The average Bonchev–Trinajstić information content (AvgIpc) is 2.03. The third-order valence-corrected chi connectivity index (χ3v) is 1.83. The van der Waals surface area contributed by atoms with E-state index in [4.69, 9.17) is 9.85 Å². The van der Waals surface area contributed by atoms with Crippen molar-refractivity contribution in [2.24, 2.45) is 5.73 Å². The minimum atomic E-state index is -2.50. The zero-order chi connectivity index (χ0) is 10.1. The highest BCUT2D eigenvalue weighted by atomic mass is 16.2. The molecule has 1 rings (SSSR count). The van der Waals surface area contributed by atoms with E-state index in [1.54, 1.807) is 0 Å². The zero-order valence-corrected chi connectivity index (χ0v) is 5.84. The summed E-state index contributed by atoms with van der Waals surface area (Å²) in [7, 11) is 0. The lowest BCUT2D eigenvalue weighted by Gasteiger charge is -2.28. The molecule has 2 N–H and O–H groups in total. The first-order valence-electron chi connectivity index (χ1n) is 4.96. The molecule has 0 atom stereocenters. The Labute approximate surface area is 65.4 Å². The molecule has 3 nitrogen and oxygen atoms in total. The molecule has 10 heavy (non-hydrogen) atoms. The third-order valence-electron chi connectivity index (χ3n) is 1.83. The van der Waals surface area contributed by atoms with Crippen molar-refractivity contribution in [1.82, 2.24) is 4.90 Å². The standard InChI is InChI=1S/C7H14N2O/c1-6(10)9-4-2-7(8)3-5-9/h7H,2-5,8H2,1H3/i1D3. The number of rotatable bonds is 0. The zero-order valence-electron chi connectivity index (χ0n) is 8.84. The van der Waals surface area contributed by atoms with Crippen LogP contribution in [0.15, 0.2) is 0 Å². The van der Waals surface area contributed by atoms with Gasteiger partial charge in [-0.25, -0.2) is 0 Å².